The Morgan fingerprint density at radius 2 is 1.67 bits per heavy atom. The van der Waals surface area contributed by atoms with Gasteiger partial charge in [0.25, 0.3) is 0 Å². The zero-order valence-corrected chi connectivity index (χ0v) is 19.6. The number of hydrogen-bond donors (Lipinski definition) is 0. The van der Waals surface area contributed by atoms with Gasteiger partial charge in [0.2, 0.25) is 5.91 Å². The number of likely N-dealkylation sites (tertiary alicyclic amines) is 1. The van der Waals surface area contributed by atoms with Crippen LogP contribution in [0.4, 0.5) is 14.9 Å². The number of halogens is 1. The molecule has 0 N–H and O–H groups in total. The summed E-state index contributed by atoms with van der Waals surface area (Å²) in [6, 6.07) is 16.2. The fourth-order valence-electron chi connectivity index (χ4n) is 5.34. The van der Waals surface area contributed by atoms with E-state index in [-0.39, 0.29) is 23.8 Å². The third-order valence-corrected chi connectivity index (χ3v) is 8.63. The zero-order valence-electron chi connectivity index (χ0n) is 18.7. The molecule has 0 aromatic heterocycles. The molecule has 33 heavy (non-hydrogen) atoms. The molecule has 0 aliphatic carbocycles. The molecule has 0 spiro atoms. The van der Waals surface area contributed by atoms with Crippen LogP contribution in [0.1, 0.15) is 36.5 Å². The highest BCUT2D eigenvalue weighted by atomic mass is 32.2. The monoisotopic (exact) mass is 467 g/mol. The van der Waals surface area contributed by atoms with Crippen molar-refractivity contribution in [3.05, 3.63) is 66.0 Å². The summed E-state index contributed by atoms with van der Waals surface area (Å²) in [5.74, 6) is 1.49. The number of benzene rings is 2. The van der Waals surface area contributed by atoms with Crippen molar-refractivity contribution in [3.63, 3.8) is 0 Å². The molecule has 0 bridgehead atoms. The third kappa shape index (κ3) is 4.94. The van der Waals surface area contributed by atoms with Crippen molar-refractivity contribution in [2.45, 2.75) is 37.0 Å². The maximum Gasteiger partial charge on any atom is 0.331 e. The molecule has 3 saturated heterocycles. The van der Waals surface area contributed by atoms with E-state index in [0.29, 0.717) is 29.8 Å². The molecule has 2 atom stereocenters. The maximum absolute atomic E-state index is 13.2. The number of urea groups is 1. The summed E-state index contributed by atoms with van der Waals surface area (Å²) >= 11 is 1.98. The van der Waals surface area contributed by atoms with Crippen LogP contribution in [0.15, 0.2) is 54.6 Å². The second-order valence-electron chi connectivity index (χ2n) is 9.30. The number of rotatable bonds is 5. The Labute approximate surface area is 198 Å². The molecule has 0 radical (unpaired) electrons. The molecule has 5 rings (SSSR count). The Morgan fingerprint density at radius 1 is 0.939 bits per heavy atom. The van der Waals surface area contributed by atoms with E-state index in [0.717, 1.165) is 44.6 Å². The van der Waals surface area contributed by atoms with E-state index in [1.165, 1.54) is 10.5 Å². The minimum absolute atomic E-state index is 0.116. The summed E-state index contributed by atoms with van der Waals surface area (Å²) in [5.41, 5.74) is 1.88. The second-order valence-corrected chi connectivity index (χ2v) is 10.5. The first-order valence-corrected chi connectivity index (χ1v) is 12.9. The van der Waals surface area contributed by atoms with Crippen molar-refractivity contribution in [1.29, 1.82) is 0 Å². The van der Waals surface area contributed by atoms with E-state index in [1.807, 2.05) is 59.1 Å². The Balaban J connectivity index is 1.13. The highest BCUT2D eigenvalue weighted by Crippen LogP contribution is 2.43. The van der Waals surface area contributed by atoms with Crippen molar-refractivity contribution in [1.82, 2.24) is 9.80 Å². The summed E-state index contributed by atoms with van der Waals surface area (Å²) in [5, 5.41) is 0.459. The van der Waals surface area contributed by atoms with Crippen molar-refractivity contribution in [2.75, 3.05) is 36.8 Å². The number of piperidine rings is 1. The Morgan fingerprint density at radius 3 is 2.39 bits per heavy atom. The SMILES string of the molecule is O=C1CCN(C2CCN(CC3CSC(c4ccc(F)cc4)C3)CC2)C(=O)N1c1ccccc1. The fraction of sp³-hybridized carbons (Fsp3) is 0.462. The average Bonchev–Trinajstić information content (AvgIpc) is 3.29. The Hall–Kier alpha value is -2.38. The van der Waals surface area contributed by atoms with Gasteiger partial charge in [-0.25, -0.2) is 14.1 Å². The van der Waals surface area contributed by atoms with Crippen LogP contribution >= 0.6 is 11.8 Å². The molecule has 7 heteroatoms. The number of carbonyl (C=O) groups is 2. The minimum atomic E-state index is -0.176. The lowest BCUT2D eigenvalue weighted by Gasteiger charge is -2.43. The number of anilines is 1. The molecular formula is C26H30FN3O2S. The van der Waals surface area contributed by atoms with E-state index in [9.17, 15) is 14.0 Å². The highest BCUT2D eigenvalue weighted by Gasteiger charge is 2.38. The van der Waals surface area contributed by atoms with E-state index >= 15 is 0 Å². The molecular weight excluding hydrogens is 437 g/mol. The van der Waals surface area contributed by atoms with E-state index in [4.69, 9.17) is 0 Å². The number of nitrogens with zero attached hydrogens (tertiary/aromatic N) is 3. The lowest BCUT2D eigenvalue weighted by Crippen LogP contribution is -2.58. The fourth-order valence-corrected chi connectivity index (χ4v) is 6.84. The van der Waals surface area contributed by atoms with Crippen LogP contribution in [0.25, 0.3) is 0 Å². The third-order valence-electron chi connectivity index (χ3n) is 7.10. The molecule has 2 aromatic carbocycles. The smallest absolute Gasteiger partial charge is 0.320 e. The van der Waals surface area contributed by atoms with Gasteiger partial charge >= 0.3 is 6.03 Å². The molecule has 3 aliphatic heterocycles. The van der Waals surface area contributed by atoms with E-state index in [2.05, 4.69) is 4.90 Å². The molecule has 0 saturated carbocycles. The number of thioether (sulfide) groups is 1. The summed E-state index contributed by atoms with van der Waals surface area (Å²) in [4.78, 5) is 31.5. The first kappa shape index (κ1) is 22.4. The van der Waals surface area contributed by atoms with Gasteiger partial charge in [0.15, 0.2) is 0 Å². The molecule has 3 heterocycles. The molecule has 3 amide bonds. The summed E-state index contributed by atoms with van der Waals surface area (Å²) in [6.45, 7) is 3.57. The number of hydrogen-bond acceptors (Lipinski definition) is 4. The van der Waals surface area contributed by atoms with Gasteiger partial charge in [-0.1, -0.05) is 30.3 Å². The molecule has 2 aromatic rings. The van der Waals surface area contributed by atoms with Gasteiger partial charge in [0, 0.05) is 43.9 Å². The minimum Gasteiger partial charge on any atom is -0.320 e. The average molecular weight is 468 g/mol. The van der Waals surface area contributed by atoms with Crippen molar-refractivity contribution in [3.8, 4) is 0 Å². The highest BCUT2D eigenvalue weighted by molar-refractivity contribution is 7.99. The van der Waals surface area contributed by atoms with E-state index < -0.39 is 0 Å². The standard InChI is InChI=1S/C26H30FN3O2S/c27-21-8-6-20(7-9-21)24-16-19(18-33-24)17-28-13-10-22(11-14-28)29-15-12-25(31)30(26(29)32)23-4-2-1-3-5-23/h1-9,19,22,24H,10-18H2. The molecule has 174 valence electrons. The van der Waals surface area contributed by atoms with Crippen molar-refractivity contribution < 1.29 is 14.0 Å². The van der Waals surface area contributed by atoms with Crippen molar-refractivity contribution >= 4 is 29.4 Å². The largest absolute Gasteiger partial charge is 0.331 e. The maximum atomic E-state index is 13.2. The van der Waals surface area contributed by atoms with Crippen LogP contribution in [-0.4, -0.2) is 59.7 Å². The predicted molar refractivity (Wildman–Crippen MR) is 130 cm³/mol. The van der Waals surface area contributed by atoms with Gasteiger partial charge in [0.05, 0.1) is 5.69 Å². The zero-order chi connectivity index (χ0) is 22.8. The van der Waals surface area contributed by atoms with Crippen LogP contribution in [0.2, 0.25) is 0 Å². The summed E-state index contributed by atoms with van der Waals surface area (Å²) in [7, 11) is 0. The molecule has 3 aliphatic rings. The Kier molecular flexibility index (Phi) is 6.69. The van der Waals surface area contributed by atoms with Gasteiger partial charge in [0.1, 0.15) is 5.82 Å². The van der Waals surface area contributed by atoms with Gasteiger partial charge in [-0.2, -0.15) is 11.8 Å². The number of carbonyl (C=O) groups excluding carboxylic acids is 2. The van der Waals surface area contributed by atoms with Gasteiger partial charge in [-0.05, 0) is 60.8 Å². The number of imide groups is 1. The topological polar surface area (TPSA) is 43.9 Å². The van der Waals surface area contributed by atoms with Crippen LogP contribution < -0.4 is 4.90 Å². The van der Waals surface area contributed by atoms with Gasteiger partial charge in [-0.3, -0.25) is 4.79 Å². The Bertz CT molecular complexity index is 979. The first-order valence-electron chi connectivity index (χ1n) is 11.9. The lowest BCUT2D eigenvalue weighted by atomic mass is 9.97. The van der Waals surface area contributed by atoms with E-state index in [1.54, 1.807) is 12.1 Å². The normalized spacial score (nSPS) is 25.1. The van der Waals surface area contributed by atoms with Crippen LogP contribution in [-0.2, 0) is 4.79 Å². The summed E-state index contributed by atoms with van der Waals surface area (Å²) in [6.07, 6.45) is 3.41. The molecule has 5 nitrogen and oxygen atoms in total. The van der Waals surface area contributed by atoms with Crippen LogP contribution in [0.3, 0.4) is 0 Å². The van der Waals surface area contributed by atoms with Gasteiger partial charge in [-0.15, -0.1) is 0 Å². The van der Waals surface area contributed by atoms with Crippen molar-refractivity contribution in [2.24, 2.45) is 5.92 Å². The van der Waals surface area contributed by atoms with Crippen LogP contribution in [0, 0.1) is 11.7 Å². The second kappa shape index (κ2) is 9.85. The molecule has 2 unspecified atom stereocenters. The predicted octanol–water partition coefficient (Wildman–Crippen LogP) is 4.94. The quantitative estimate of drug-likeness (QED) is 0.625. The molecule has 3 fully saturated rings. The number of amides is 3. The first-order chi connectivity index (χ1) is 16.1. The lowest BCUT2D eigenvalue weighted by molar-refractivity contribution is -0.119. The summed E-state index contributed by atoms with van der Waals surface area (Å²) < 4.78 is 13.2. The number of para-hydroxylation sites is 1. The van der Waals surface area contributed by atoms with Gasteiger partial charge < -0.3 is 9.80 Å². The van der Waals surface area contributed by atoms with Crippen LogP contribution in [0.5, 0.6) is 0 Å².